The number of benzene rings is 1. The Morgan fingerprint density at radius 3 is 2.86 bits per heavy atom. The lowest BCUT2D eigenvalue weighted by Gasteiger charge is -2.02. The molecule has 0 aliphatic rings. The first-order valence-corrected chi connectivity index (χ1v) is 3.61. The summed E-state index contributed by atoms with van der Waals surface area (Å²) in [7, 11) is 1.38. The summed E-state index contributed by atoms with van der Waals surface area (Å²) in [6.45, 7) is 0.202. The van der Waals surface area contributed by atoms with E-state index in [4.69, 9.17) is 10.3 Å². The molecule has 0 fully saturated rings. The molecule has 0 bridgehead atoms. The van der Waals surface area contributed by atoms with Gasteiger partial charge in [-0.25, -0.2) is 4.39 Å². The zero-order valence-corrected chi connectivity index (χ0v) is 7.07. The first kappa shape index (κ1) is 12.3. The number of nitrogens with zero attached hydrogens (tertiary/aromatic N) is 3. The van der Waals surface area contributed by atoms with Crippen molar-refractivity contribution in [1.82, 2.24) is 0 Å². The van der Waals surface area contributed by atoms with Gasteiger partial charge in [-0.1, -0.05) is 18.6 Å². The van der Waals surface area contributed by atoms with E-state index in [2.05, 4.69) is 10.0 Å². The molecule has 0 heterocycles. The standard InChI is InChI=1S/C8H8FN3O.CH4/c1-13-8-4-6(5-11-12-10)2-3-7(8)9;/h2-4H,5H2,1H3;1H4. The second kappa shape index (κ2) is 5.83. The number of rotatable bonds is 3. The molecular weight excluding hydrogens is 185 g/mol. The largest absolute Gasteiger partial charge is 0.494 e. The maximum Gasteiger partial charge on any atom is 0.165 e. The van der Waals surface area contributed by atoms with E-state index in [1.807, 2.05) is 0 Å². The van der Waals surface area contributed by atoms with Gasteiger partial charge in [0.1, 0.15) is 0 Å². The third-order valence-electron chi connectivity index (χ3n) is 1.53. The molecule has 4 nitrogen and oxygen atoms in total. The number of hydrogen-bond acceptors (Lipinski definition) is 2. The lowest BCUT2D eigenvalue weighted by molar-refractivity contribution is 0.386. The topological polar surface area (TPSA) is 58.0 Å². The number of ether oxygens (including phenoxy) is 1. The van der Waals surface area contributed by atoms with Gasteiger partial charge >= 0.3 is 0 Å². The van der Waals surface area contributed by atoms with Crippen molar-refractivity contribution >= 4 is 0 Å². The van der Waals surface area contributed by atoms with Crippen LogP contribution in [0.25, 0.3) is 10.4 Å². The molecule has 14 heavy (non-hydrogen) atoms. The van der Waals surface area contributed by atoms with Gasteiger partial charge in [0.25, 0.3) is 0 Å². The zero-order valence-electron chi connectivity index (χ0n) is 7.07. The number of azide groups is 1. The lowest BCUT2D eigenvalue weighted by Crippen LogP contribution is -1.89. The fourth-order valence-corrected chi connectivity index (χ4v) is 0.916. The second-order valence-electron chi connectivity index (χ2n) is 2.36. The minimum Gasteiger partial charge on any atom is -0.494 e. The van der Waals surface area contributed by atoms with Crippen LogP contribution in [0, 0.1) is 5.82 Å². The van der Waals surface area contributed by atoms with Crippen LogP contribution >= 0.6 is 0 Å². The van der Waals surface area contributed by atoms with Gasteiger partial charge in [-0.05, 0) is 23.2 Å². The Kier molecular flexibility index (Phi) is 5.10. The summed E-state index contributed by atoms with van der Waals surface area (Å²) in [4.78, 5) is 2.60. The maximum absolute atomic E-state index is 12.9. The molecule has 5 heteroatoms. The van der Waals surface area contributed by atoms with Crippen LogP contribution in [0.4, 0.5) is 4.39 Å². The molecule has 0 amide bonds. The van der Waals surface area contributed by atoms with Crippen molar-refractivity contribution in [3.8, 4) is 5.75 Å². The maximum atomic E-state index is 12.9. The van der Waals surface area contributed by atoms with Crippen LogP contribution in [0.15, 0.2) is 23.3 Å². The SMILES string of the molecule is C.COc1cc(CN=[N+]=[N-])ccc1F. The van der Waals surface area contributed by atoms with Gasteiger partial charge in [0.05, 0.1) is 13.7 Å². The molecule has 0 N–H and O–H groups in total. The van der Waals surface area contributed by atoms with Crippen LogP contribution in [0.5, 0.6) is 5.75 Å². The summed E-state index contributed by atoms with van der Waals surface area (Å²) in [6, 6.07) is 4.33. The predicted octanol–water partition coefficient (Wildman–Crippen LogP) is 3.28. The fraction of sp³-hybridized carbons (Fsp3) is 0.333. The van der Waals surface area contributed by atoms with Crippen LogP contribution in [0.1, 0.15) is 13.0 Å². The molecule has 0 saturated heterocycles. The van der Waals surface area contributed by atoms with Crippen LogP contribution in [-0.4, -0.2) is 7.11 Å². The first-order valence-electron chi connectivity index (χ1n) is 3.61. The van der Waals surface area contributed by atoms with Crippen molar-refractivity contribution in [2.75, 3.05) is 7.11 Å². The molecule has 1 rings (SSSR count). The Balaban J connectivity index is 0.00000169. The Morgan fingerprint density at radius 1 is 1.57 bits per heavy atom. The number of halogens is 1. The minimum absolute atomic E-state index is 0. The van der Waals surface area contributed by atoms with Crippen molar-refractivity contribution in [1.29, 1.82) is 0 Å². The lowest BCUT2D eigenvalue weighted by atomic mass is 10.2. The molecule has 1 aromatic carbocycles. The first-order chi connectivity index (χ1) is 6.27. The van der Waals surface area contributed by atoms with Crippen molar-refractivity contribution in [3.63, 3.8) is 0 Å². The highest BCUT2D eigenvalue weighted by Crippen LogP contribution is 2.18. The molecule has 0 aliphatic carbocycles. The Labute approximate surface area is 81.9 Å². The summed E-state index contributed by atoms with van der Waals surface area (Å²) in [5, 5.41) is 3.35. The normalized spacial score (nSPS) is 8.43. The highest BCUT2D eigenvalue weighted by atomic mass is 19.1. The summed E-state index contributed by atoms with van der Waals surface area (Å²) < 4.78 is 17.6. The summed E-state index contributed by atoms with van der Waals surface area (Å²) >= 11 is 0. The molecule has 0 aliphatic heterocycles. The molecule has 0 aromatic heterocycles. The van der Waals surface area contributed by atoms with Gasteiger partial charge in [0.2, 0.25) is 0 Å². The van der Waals surface area contributed by atoms with Gasteiger partial charge in [0.15, 0.2) is 11.6 Å². The van der Waals surface area contributed by atoms with Crippen LogP contribution in [-0.2, 0) is 6.54 Å². The monoisotopic (exact) mass is 197 g/mol. The summed E-state index contributed by atoms with van der Waals surface area (Å²) in [5.41, 5.74) is 8.78. The van der Waals surface area contributed by atoms with Crippen molar-refractivity contribution < 1.29 is 9.13 Å². The van der Waals surface area contributed by atoms with Crippen molar-refractivity contribution in [3.05, 3.63) is 40.0 Å². The van der Waals surface area contributed by atoms with E-state index in [0.717, 1.165) is 5.56 Å². The van der Waals surface area contributed by atoms with E-state index < -0.39 is 5.82 Å². The summed E-state index contributed by atoms with van der Waals surface area (Å²) in [6.07, 6.45) is 0. The molecule has 0 atom stereocenters. The van der Waals surface area contributed by atoms with Crippen molar-refractivity contribution in [2.24, 2.45) is 5.11 Å². The highest BCUT2D eigenvalue weighted by Gasteiger charge is 2.01. The Bertz CT molecular complexity index is 348. The van der Waals surface area contributed by atoms with E-state index >= 15 is 0 Å². The van der Waals surface area contributed by atoms with E-state index in [9.17, 15) is 4.39 Å². The van der Waals surface area contributed by atoms with Gasteiger partial charge in [-0.3, -0.25) is 0 Å². The molecular formula is C9H12FN3O. The minimum atomic E-state index is -0.424. The molecule has 76 valence electrons. The van der Waals surface area contributed by atoms with Gasteiger partial charge in [-0.2, -0.15) is 0 Å². The van der Waals surface area contributed by atoms with Crippen LogP contribution in [0.2, 0.25) is 0 Å². The third kappa shape index (κ3) is 2.95. The molecule has 0 spiro atoms. The van der Waals surface area contributed by atoms with E-state index in [-0.39, 0.29) is 19.7 Å². The van der Waals surface area contributed by atoms with Gasteiger partial charge in [0, 0.05) is 4.91 Å². The smallest absolute Gasteiger partial charge is 0.165 e. The molecule has 1 aromatic rings. The molecule has 0 saturated carbocycles. The third-order valence-corrected chi connectivity index (χ3v) is 1.53. The fourth-order valence-electron chi connectivity index (χ4n) is 0.916. The average Bonchev–Trinajstić information content (AvgIpc) is 2.16. The van der Waals surface area contributed by atoms with Crippen molar-refractivity contribution in [2.45, 2.75) is 14.0 Å². The number of methoxy groups -OCH3 is 1. The quantitative estimate of drug-likeness (QED) is 0.416. The summed E-state index contributed by atoms with van der Waals surface area (Å²) in [5.74, 6) is -0.266. The Morgan fingerprint density at radius 2 is 2.29 bits per heavy atom. The van der Waals surface area contributed by atoms with E-state index in [1.165, 1.54) is 19.2 Å². The van der Waals surface area contributed by atoms with Gasteiger partial charge in [-0.15, -0.1) is 0 Å². The van der Waals surface area contributed by atoms with Gasteiger partial charge < -0.3 is 4.74 Å². The number of hydrogen-bond donors (Lipinski definition) is 0. The molecule has 0 radical (unpaired) electrons. The van der Waals surface area contributed by atoms with E-state index in [1.54, 1.807) is 6.07 Å². The van der Waals surface area contributed by atoms with Crippen LogP contribution in [0.3, 0.4) is 0 Å². The Hall–Kier alpha value is -1.74. The predicted molar refractivity (Wildman–Crippen MR) is 52.5 cm³/mol. The van der Waals surface area contributed by atoms with Crippen LogP contribution < -0.4 is 4.74 Å². The average molecular weight is 197 g/mol. The molecule has 0 unspecified atom stereocenters. The second-order valence-corrected chi connectivity index (χ2v) is 2.36. The zero-order chi connectivity index (χ0) is 9.68. The highest BCUT2D eigenvalue weighted by molar-refractivity contribution is 5.30. The van der Waals surface area contributed by atoms with E-state index in [0.29, 0.717) is 0 Å².